The molecule has 3 rings (SSSR count). The van der Waals surface area contributed by atoms with Crippen LogP contribution in [0.1, 0.15) is 17.3 Å². The van der Waals surface area contributed by atoms with Crippen molar-refractivity contribution < 1.29 is 19.0 Å². The molecule has 1 aliphatic heterocycles. The molecule has 0 aliphatic carbocycles. The van der Waals surface area contributed by atoms with E-state index in [1.54, 1.807) is 25.3 Å². The third kappa shape index (κ3) is 4.05. The van der Waals surface area contributed by atoms with Crippen LogP contribution in [-0.2, 0) is 0 Å². The van der Waals surface area contributed by atoms with Crippen LogP contribution in [0.2, 0.25) is 0 Å². The highest BCUT2D eigenvalue weighted by Gasteiger charge is 2.26. The number of anilines is 1. The van der Waals surface area contributed by atoms with Gasteiger partial charge in [0.25, 0.3) is 5.91 Å². The van der Waals surface area contributed by atoms with Crippen molar-refractivity contribution >= 4 is 11.7 Å². The predicted molar refractivity (Wildman–Crippen MR) is 101 cm³/mol. The van der Waals surface area contributed by atoms with Crippen molar-refractivity contribution in [3.8, 4) is 17.4 Å². The van der Waals surface area contributed by atoms with Gasteiger partial charge in [0, 0.05) is 32.2 Å². The maximum absolute atomic E-state index is 12.9. The van der Waals surface area contributed by atoms with Gasteiger partial charge in [-0.2, -0.15) is 0 Å². The van der Waals surface area contributed by atoms with Gasteiger partial charge in [0.05, 0.1) is 26.4 Å². The molecule has 2 aromatic rings. The lowest BCUT2D eigenvalue weighted by molar-refractivity contribution is 0.0742. The molecule has 1 aromatic carbocycles. The largest absolute Gasteiger partial charge is 0.493 e. The summed E-state index contributed by atoms with van der Waals surface area (Å²) in [5.41, 5.74) is 0.506. The summed E-state index contributed by atoms with van der Waals surface area (Å²) in [5.74, 6) is 2.24. The van der Waals surface area contributed by atoms with Crippen LogP contribution < -0.4 is 19.1 Å². The SMILES string of the molecule is CCOc1ccc(N2CCN(C(=O)c3cccc(OC)c3OC)CC2)nn1. The van der Waals surface area contributed by atoms with E-state index in [1.165, 1.54) is 7.11 Å². The molecule has 0 atom stereocenters. The summed E-state index contributed by atoms with van der Waals surface area (Å²) < 4.78 is 16.0. The summed E-state index contributed by atoms with van der Waals surface area (Å²) in [6.45, 7) is 5.01. The molecule has 1 saturated heterocycles. The molecule has 0 saturated carbocycles. The molecule has 27 heavy (non-hydrogen) atoms. The third-order valence-electron chi connectivity index (χ3n) is 4.44. The Morgan fingerprint density at radius 3 is 2.41 bits per heavy atom. The molecule has 8 heteroatoms. The lowest BCUT2D eigenvalue weighted by Crippen LogP contribution is -2.49. The highest BCUT2D eigenvalue weighted by Crippen LogP contribution is 2.31. The van der Waals surface area contributed by atoms with Gasteiger partial charge in [-0.15, -0.1) is 10.2 Å². The van der Waals surface area contributed by atoms with Crippen LogP contribution in [0.5, 0.6) is 17.4 Å². The second-order valence-electron chi connectivity index (χ2n) is 5.98. The lowest BCUT2D eigenvalue weighted by Gasteiger charge is -2.35. The summed E-state index contributed by atoms with van der Waals surface area (Å²) in [4.78, 5) is 16.9. The van der Waals surface area contributed by atoms with Gasteiger partial charge in [-0.05, 0) is 25.1 Å². The summed E-state index contributed by atoms with van der Waals surface area (Å²) in [5, 5.41) is 8.27. The second kappa shape index (κ2) is 8.57. The number of rotatable bonds is 6. The van der Waals surface area contributed by atoms with E-state index in [-0.39, 0.29) is 5.91 Å². The lowest BCUT2D eigenvalue weighted by atomic mass is 10.1. The molecule has 0 N–H and O–H groups in total. The van der Waals surface area contributed by atoms with E-state index in [0.29, 0.717) is 55.7 Å². The zero-order valence-corrected chi connectivity index (χ0v) is 15.8. The summed E-state index contributed by atoms with van der Waals surface area (Å²) in [7, 11) is 3.10. The van der Waals surface area contributed by atoms with Crippen LogP contribution in [0, 0.1) is 0 Å². The number of methoxy groups -OCH3 is 2. The Bertz CT molecular complexity index is 774. The van der Waals surface area contributed by atoms with Crippen molar-refractivity contribution in [1.29, 1.82) is 0 Å². The fraction of sp³-hybridized carbons (Fsp3) is 0.421. The first-order chi connectivity index (χ1) is 13.2. The van der Waals surface area contributed by atoms with E-state index in [2.05, 4.69) is 15.1 Å². The molecular formula is C19H24N4O4. The van der Waals surface area contributed by atoms with Gasteiger partial charge < -0.3 is 24.0 Å². The third-order valence-corrected chi connectivity index (χ3v) is 4.44. The first-order valence-corrected chi connectivity index (χ1v) is 8.89. The van der Waals surface area contributed by atoms with Crippen molar-refractivity contribution in [3.05, 3.63) is 35.9 Å². The minimum atomic E-state index is -0.0665. The van der Waals surface area contributed by atoms with E-state index >= 15 is 0 Å². The molecule has 144 valence electrons. The average molecular weight is 372 g/mol. The number of benzene rings is 1. The van der Waals surface area contributed by atoms with Crippen LogP contribution >= 0.6 is 0 Å². The summed E-state index contributed by atoms with van der Waals surface area (Å²) in [6.07, 6.45) is 0. The highest BCUT2D eigenvalue weighted by atomic mass is 16.5. The number of carbonyl (C=O) groups is 1. The van der Waals surface area contributed by atoms with Gasteiger partial charge >= 0.3 is 0 Å². The van der Waals surface area contributed by atoms with Crippen LogP contribution in [-0.4, -0.2) is 68.0 Å². The standard InChI is InChI=1S/C19H24N4O4/c1-4-27-17-9-8-16(20-21-17)22-10-12-23(13-11-22)19(24)14-6-5-7-15(25-2)18(14)26-3/h5-9H,4,10-13H2,1-3H3. The average Bonchev–Trinajstić information content (AvgIpc) is 2.73. The van der Waals surface area contributed by atoms with E-state index in [4.69, 9.17) is 14.2 Å². The minimum absolute atomic E-state index is 0.0665. The van der Waals surface area contributed by atoms with E-state index in [0.717, 1.165) is 5.82 Å². The number of piperazine rings is 1. The number of hydrogen-bond donors (Lipinski definition) is 0. The number of aromatic nitrogens is 2. The van der Waals surface area contributed by atoms with Crippen molar-refractivity contribution in [1.82, 2.24) is 15.1 Å². The maximum Gasteiger partial charge on any atom is 0.257 e. The molecule has 0 radical (unpaired) electrons. The molecule has 0 unspecified atom stereocenters. The number of para-hydroxylation sites is 1. The Balaban J connectivity index is 1.66. The zero-order valence-electron chi connectivity index (χ0n) is 15.8. The fourth-order valence-electron chi connectivity index (χ4n) is 3.07. The molecule has 1 aromatic heterocycles. The molecule has 1 fully saturated rings. The van der Waals surface area contributed by atoms with E-state index in [1.807, 2.05) is 24.0 Å². The van der Waals surface area contributed by atoms with Crippen LogP contribution in [0.25, 0.3) is 0 Å². The predicted octanol–water partition coefficient (Wildman–Crippen LogP) is 1.85. The number of amides is 1. The monoisotopic (exact) mass is 372 g/mol. The highest BCUT2D eigenvalue weighted by molar-refractivity contribution is 5.98. The Labute approximate surface area is 158 Å². The molecular weight excluding hydrogens is 348 g/mol. The first kappa shape index (κ1) is 18.8. The van der Waals surface area contributed by atoms with Gasteiger partial charge in [0.15, 0.2) is 17.3 Å². The Kier molecular flexibility index (Phi) is 5.95. The van der Waals surface area contributed by atoms with Gasteiger partial charge in [0.2, 0.25) is 5.88 Å². The number of ether oxygens (including phenoxy) is 3. The first-order valence-electron chi connectivity index (χ1n) is 8.89. The normalized spacial score (nSPS) is 14.0. The Morgan fingerprint density at radius 2 is 1.81 bits per heavy atom. The fourth-order valence-corrected chi connectivity index (χ4v) is 3.07. The molecule has 1 amide bonds. The van der Waals surface area contributed by atoms with Crippen LogP contribution in [0.15, 0.2) is 30.3 Å². The van der Waals surface area contributed by atoms with E-state index in [9.17, 15) is 4.79 Å². The van der Waals surface area contributed by atoms with Crippen LogP contribution in [0.3, 0.4) is 0 Å². The van der Waals surface area contributed by atoms with Gasteiger partial charge in [-0.25, -0.2) is 0 Å². The van der Waals surface area contributed by atoms with Gasteiger partial charge in [0.1, 0.15) is 0 Å². The van der Waals surface area contributed by atoms with Gasteiger partial charge in [-0.1, -0.05) is 6.07 Å². The molecule has 8 nitrogen and oxygen atoms in total. The topological polar surface area (TPSA) is 77.0 Å². The number of nitrogens with zero attached hydrogens (tertiary/aromatic N) is 4. The Morgan fingerprint density at radius 1 is 1.04 bits per heavy atom. The number of hydrogen-bond acceptors (Lipinski definition) is 7. The number of carbonyl (C=O) groups excluding carboxylic acids is 1. The summed E-state index contributed by atoms with van der Waals surface area (Å²) in [6, 6.07) is 9.03. The van der Waals surface area contributed by atoms with E-state index < -0.39 is 0 Å². The van der Waals surface area contributed by atoms with Crippen molar-refractivity contribution in [2.24, 2.45) is 0 Å². The minimum Gasteiger partial charge on any atom is -0.493 e. The molecule has 0 spiro atoms. The van der Waals surface area contributed by atoms with Crippen molar-refractivity contribution in [2.45, 2.75) is 6.92 Å². The molecule has 0 bridgehead atoms. The van der Waals surface area contributed by atoms with Crippen LogP contribution in [0.4, 0.5) is 5.82 Å². The quantitative estimate of drug-likeness (QED) is 0.766. The second-order valence-corrected chi connectivity index (χ2v) is 5.98. The molecule has 1 aliphatic rings. The summed E-state index contributed by atoms with van der Waals surface area (Å²) >= 11 is 0. The molecule has 2 heterocycles. The van der Waals surface area contributed by atoms with Crippen molar-refractivity contribution in [3.63, 3.8) is 0 Å². The van der Waals surface area contributed by atoms with Gasteiger partial charge in [-0.3, -0.25) is 4.79 Å². The van der Waals surface area contributed by atoms with Crippen molar-refractivity contribution in [2.75, 3.05) is 51.9 Å². The maximum atomic E-state index is 12.9. The Hall–Kier alpha value is -3.03. The zero-order chi connectivity index (χ0) is 19.2. The smallest absolute Gasteiger partial charge is 0.257 e.